The molecule has 1 amide bonds. The molecule has 4 nitrogen and oxygen atoms in total. The number of amides is 1. The van der Waals surface area contributed by atoms with E-state index in [-0.39, 0.29) is 16.3 Å². The highest BCUT2D eigenvalue weighted by atomic mass is 79.9. The maximum Gasteiger partial charge on any atom is 0.438 e. The van der Waals surface area contributed by atoms with Gasteiger partial charge in [0.2, 0.25) is 0 Å². The number of carbonyl (C=O) groups excluding carboxylic acids is 1. The molecule has 1 aliphatic heterocycles. The number of halogens is 5. The van der Waals surface area contributed by atoms with E-state index in [0.717, 1.165) is 24.3 Å². The molecule has 0 radical (unpaired) electrons. The first-order valence-corrected chi connectivity index (χ1v) is 8.14. The minimum absolute atomic E-state index is 0.0115. The maximum atomic E-state index is 13.5. The van der Waals surface area contributed by atoms with E-state index in [4.69, 9.17) is 0 Å². The van der Waals surface area contributed by atoms with Crippen molar-refractivity contribution in [2.45, 2.75) is 18.3 Å². The number of aliphatic hydroxyl groups is 1. The lowest BCUT2D eigenvalue weighted by Gasteiger charge is -2.32. The average Bonchev–Trinajstić information content (AvgIpc) is 2.94. The molecule has 1 aliphatic rings. The molecule has 2 aromatic rings. The second kappa shape index (κ2) is 6.48. The Kier molecular flexibility index (Phi) is 4.61. The molecule has 0 saturated heterocycles. The van der Waals surface area contributed by atoms with E-state index >= 15 is 0 Å². The summed E-state index contributed by atoms with van der Waals surface area (Å²) in [5.74, 6) is -1.83. The zero-order chi connectivity index (χ0) is 19.1. The smallest absolute Gasteiger partial charge is 0.362 e. The SMILES string of the molecule is O=C(c1ccc(F)cc1)N1N=C(c2ccc(Br)cc2)C[C@]1(O)C(F)(F)F. The van der Waals surface area contributed by atoms with Crippen LogP contribution in [0, 0.1) is 5.82 Å². The molecular weight excluding hydrogens is 420 g/mol. The predicted molar refractivity (Wildman–Crippen MR) is 88.9 cm³/mol. The van der Waals surface area contributed by atoms with Gasteiger partial charge in [0.15, 0.2) is 0 Å². The third-order valence-electron chi connectivity index (χ3n) is 3.90. The quantitative estimate of drug-likeness (QED) is 0.729. The van der Waals surface area contributed by atoms with Crippen LogP contribution < -0.4 is 0 Å². The van der Waals surface area contributed by atoms with Gasteiger partial charge in [-0.3, -0.25) is 4.79 Å². The Balaban J connectivity index is 2.03. The summed E-state index contributed by atoms with van der Waals surface area (Å²) in [6.07, 6.45) is -6.05. The van der Waals surface area contributed by atoms with Gasteiger partial charge < -0.3 is 5.11 Å². The molecule has 1 atom stereocenters. The van der Waals surface area contributed by atoms with E-state index in [9.17, 15) is 27.5 Å². The van der Waals surface area contributed by atoms with E-state index < -0.39 is 30.0 Å². The summed E-state index contributed by atoms with van der Waals surface area (Å²) >= 11 is 3.22. The Labute approximate surface area is 153 Å². The standard InChI is InChI=1S/C17H11BrF4N2O2/c18-12-5-1-10(2-6-12)14-9-16(26,17(20,21)22)24(23-14)15(25)11-3-7-13(19)8-4-11/h1-8,26H,9H2/t16-/m0/s1. The van der Waals surface area contributed by atoms with Gasteiger partial charge in [0.1, 0.15) is 5.82 Å². The van der Waals surface area contributed by atoms with Crippen molar-refractivity contribution in [1.29, 1.82) is 0 Å². The van der Waals surface area contributed by atoms with Crippen LogP contribution in [-0.2, 0) is 0 Å². The number of rotatable bonds is 2. The van der Waals surface area contributed by atoms with Gasteiger partial charge in [-0.25, -0.2) is 4.39 Å². The van der Waals surface area contributed by atoms with E-state index in [1.54, 1.807) is 12.1 Å². The van der Waals surface area contributed by atoms with Crippen molar-refractivity contribution >= 4 is 27.5 Å². The van der Waals surface area contributed by atoms with Gasteiger partial charge in [-0.15, -0.1) is 0 Å². The molecule has 0 spiro atoms. The van der Waals surface area contributed by atoms with E-state index in [1.165, 1.54) is 12.1 Å². The Morgan fingerprint density at radius 3 is 2.23 bits per heavy atom. The summed E-state index contributed by atoms with van der Waals surface area (Å²) in [5, 5.41) is 14.0. The van der Waals surface area contributed by atoms with Gasteiger partial charge in [-0.05, 0) is 42.0 Å². The van der Waals surface area contributed by atoms with Crippen molar-refractivity contribution in [3.05, 3.63) is 69.9 Å². The van der Waals surface area contributed by atoms with Crippen molar-refractivity contribution in [2.24, 2.45) is 5.10 Å². The number of benzene rings is 2. The molecule has 0 unspecified atom stereocenters. The van der Waals surface area contributed by atoms with E-state index in [1.807, 2.05) is 0 Å². The summed E-state index contributed by atoms with van der Waals surface area (Å²) in [6.45, 7) is 0. The number of hydrazone groups is 1. The third kappa shape index (κ3) is 3.24. The Morgan fingerprint density at radius 2 is 1.69 bits per heavy atom. The van der Waals surface area contributed by atoms with E-state index in [0.29, 0.717) is 10.0 Å². The molecule has 0 fully saturated rings. The second-order valence-corrected chi connectivity index (χ2v) is 6.58. The number of hydrogen-bond acceptors (Lipinski definition) is 3. The topological polar surface area (TPSA) is 52.9 Å². The first-order chi connectivity index (χ1) is 12.1. The van der Waals surface area contributed by atoms with Crippen molar-refractivity contribution in [2.75, 3.05) is 0 Å². The van der Waals surface area contributed by atoms with Crippen LogP contribution in [0.15, 0.2) is 58.1 Å². The molecule has 0 bridgehead atoms. The zero-order valence-corrected chi connectivity index (χ0v) is 14.6. The van der Waals surface area contributed by atoms with Crippen molar-refractivity contribution in [3.63, 3.8) is 0 Å². The van der Waals surface area contributed by atoms with Crippen molar-refractivity contribution < 1.29 is 27.5 Å². The van der Waals surface area contributed by atoms with Gasteiger partial charge in [0.05, 0.1) is 12.1 Å². The number of hydrogen-bond donors (Lipinski definition) is 1. The van der Waals surface area contributed by atoms with Gasteiger partial charge in [-0.2, -0.15) is 23.3 Å². The van der Waals surface area contributed by atoms with Gasteiger partial charge in [-0.1, -0.05) is 28.1 Å². The summed E-state index contributed by atoms with van der Waals surface area (Å²) in [4.78, 5) is 12.5. The molecule has 26 heavy (non-hydrogen) atoms. The van der Waals surface area contributed by atoms with E-state index in [2.05, 4.69) is 21.0 Å². The van der Waals surface area contributed by atoms with Crippen LogP contribution in [0.4, 0.5) is 17.6 Å². The van der Waals surface area contributed by atoms with Crippen LogP contribution in [0.25, 0.3) is 0 Å². The minimum Gasteiger partial charge on any atom is -0.362 e. The fourth-order valence-electron chi connectivity index (χ4n) is 2.50. The van der Waals surface area contributed by atoms with Crippen LogP contribution in [0.5, 0.6) is 0 Å². The van der Waals surface area contributed by atoms with Crippen LogP contribution >= 0.6 is 15.9 Å². The first-order valence-electron chi connectivity index (χ1n) is 7.34. The van der Waals surface area contributed by atoms with Crippen LogP contribution in [0.1, 0.15) is 22.3 Å². The molecule has 0 aromatic heterocycles. The molecular formula is C17H11BrF4N2O2. The van der Waals surface area contributed by atoms with Gasteiger partial charge >= 0.3 is 6.18 Å². The molecule has 136 valence electrons. The Bertz CT molecular complexity index is 866. The molecule has 1 N–H and O–H groups in total. The highest BCUT2D eigenvalue weighted by molar-refractivity contribution is 9.10. The zero-order valence-electron chi connectivity index (χ0n) is 13.0. The molecule has 3 rings (SSSR count). The molecule has 0 aliphatic carbocycles. The number of alkyl halides is 3. The maximum absolute atomic E-state index is 13.5. The molecule has 2 aromatic carbocycles. The molecule has 1 heterocycles. The highest BCUT2D eigenvalue weighted by Crippen LogP contribution is 2.42. The van der Waals surface area contributed by atoms with Crippen LogP contribution in [0.2, 0.25) is 0 Å². The summed E-state index contributed by atoms with van der Waals surface area (Å²) in [6, 6.07) is 10.2. The second-order valence-electron chi connectivity index (χ2n) is 5.67. The van der Waals surface area contributed by atoms with Gasteiger partial charge in [0.25, 0.3) is 11.6 Å². The van der Waals surface area contributed by atoms with Gasteiger partial charge in [0, 0.05) is 10.0 Å². The fraction of sp³-hybridized carbons (Fsp3) is 0.176. The summed E-state index contributed by atoms with van der Waals surface area (Å²) in [5.41, 5.74) is -3.46. The lowest BCUT2D eigenvalue weighted by molar-refractivity contribution is -0.297. The predicted octanol–water partition coefficient (Wildman–Crippen LogP) is 4.09. The number of nitrogens with zero attached hydrogens (tertiary/aromatic N) is 2. The van der Waals surface area contributed by atoms with Crippen molar-refractivity contribution in [3.8, 4) is 0 Å². The first kappa shape index (κ1) is 18.5. The summed E-state index contributed by atoms with van der Waals surface area (Å²) < 4.78 is 54.2. The lowest BCUT2D eigenvalue weighted by Crippen LogP contribution is -2.56. The molecule has 0 saturated carbocycles. The third-order valence-corrected chi connectivity index (χ3v) is 4.43. The monoisotopic (exact) mass is 430 g/mol. The fourth-order valence-corrected chi connectivity index (χ4v) is 2.76. The highest BCUT2D eigenvalue weighted by Gasteiger charge is 2.63. The largest absolute Gasteiger partial charge is 0.438 e. The Hall–Kier alpha value is -2.26. The molecule has 9 heteroatoms. The van der Waals surface area contributed by atoms with Crippen LogP contribution in [-0.4, -0.2) is 33.6 Å². The Morgan fingerprint density at radius 1 is 1.12 bits per heavy atom. The number of carbonyl (C=O) groups is 1. The van der Waals surface area contributed by atoms with Crippen LogP contribution in [0.3, 0.4) is 0 Å². The normalized spacial score (nSPS) is 20.2. The lowest BCUT2D eigenvalue weighted by atomic mass is 10.0. The minimum atomic E-state index is -5.14. The van der Waals surface area contributed by atoms with Crippen molar-refractivity contribution in [1.82, 2.24) is 5.01 Å². The summed E-state index contributed by atoms with van der Waals surface area (Å²) in [7, 11) is 0. The average molecular weight is 431 g/mol.